The zero-order valence-corrected chi connectivity index (χ0v) is 16.3. The molecule has 0 aliphatic carbocycles. The van der Waals surface area contributed by atoms with Gasteiger partial charge in [-0.1, -0.05) is 71.1 Å². The molecule has 0 unspecified atom stereocenters. The van der Waals surface area contributed by atoms with E-state index in [1.807, 2.05) is 0 Å². The zero-order valence-electron chi connectivity index (χ0n) is 16.3. The Morgan fingerprint density at radius 2 is 1.42 bits per heavy atom. The first-order valence-corrected chi connectivity index (χ1v) is 10.0. The van der Waals surface area contributed by atoms with E-state index in [1.165, 1.54) is 51.4 Å². The minimum Gasteiger partial charge on any atom is -0.480 e. The minimum absolute atomic E-state index is 0.0820. The molecule has 0 aliphatic rings. The topological polar surface area (TPSA) is 131 Å². The van der Waals surface area contributed by atoms with Crippen LogP contribution in [0.4, 0.5) is 0 Å². The number of aliphatic imine (C=N–C) groups is 1. The van der Waals surface area contributed by atoms with Crippen molar-refractivity contribution in [1.82, 2.24) is 5.32 Å². The van der Waals surface area contributed by atoms with Crippen LogP contribution < -0.4 is 16.8 Å². The predicted octanol–water partition coefficient (Wildman–Crippen LogP) is 2.92. The molecule has 7 nitrogen and oxygen atoms in total. The van der Waals surface area contributed by atoms with Crippen molar-refractivity contribution in [3.63, 3.8) is 0 Å². The summed E-state index contributed by atoms with van der Waals surface area (Å²) in [6, 6.07) is -0.946. The predicted molar refractivity (Wildman–Crippen MR) is 106 cm³/mol. The molecule has 152 valence electrons. The highest BCUT2D eigenvalue weighted by molar-refractivity contribution is 5.83. The molecular weight excluding hydrogens is 332 g/mol. The van der Waals surface area contributed by atoms with E-state index in [-0.39, 0.29) is 24.8 Å². The SMILES string of the molecule is CCCCCCCCCCCCCC(=O)N[C@@H](CCN=C(N)N)C(=O)O. The number of aliphatic carboxylic acids is 1. The van der Waals surface area contributed by atoms with Gasteiger partial charge in [-0.3, -0.25) is 9.79 Å². The van der Waals surface area contributed by atoms with E-state index in [4.69, 9.17) is 16.6 Å². The van der Waals surface area contributed by atoms with Crippen molar-refractivity contribution in [2.24, 2.45) is 16.5 Å². The van der Waals surface area contributed by atoms with Gasteiger partial charge in [0.1, 0.15) is 6.04 Å². The van der Waals surface area contributed by atoms with Crippen molar-refractivity contribution in [3.8, 4) is 0 Å². The summed E-state index contributed by atoms with van der Waals surface area (Å²) in [5.74, 6) is -1.37. The van der Waals surface area contributed by atoms with Crippen LogP contribution in [0.5, 0.6) is 0 Å². The van der Waals surface area contributed by atoms with Gasteiger partial charge < -0.3 is 21.9 Å². The van der Waals surface area contributed by atoms with Crippen LogP contribution in [0.15, 0.2) is 4.99 Å². The number of hydrogen-bond donors (Lipinski definition) is 4. The molecule has 0 aliphatic heterocycles. The first-order chi connectivity index (χ1) is 12.5. The summed E-state index contributed by atoms with van der Waals surface area (Å²) in [6.07, 6.45) is 13.9. The van der Waals surface area contributed by atoms with Crippen molar-refractivity contribution in [2.45, 2.75) is 96.4 Å². The van der Waals surface area contributed by atoms with E-state index >= 15 is 0 Å². The van der Waals surface area contributed by atoms with Crippen LogP contribution >= 0.6 is 0 Å². The Morgan fingerprint density at radius 3 is 1.88 bits per heavy atom. The highest BCUT2D eigenvalue weighted by Gasteiger charge is 2.19. The molecular formula is C19H38N4O3. The third-order valence-electron chi connectivity index (χ3n) is 4.35. The fourth-order valence-electron chi connectivity index (χ4n) is 2.80. The smallest absolute Gasteiger partial charge is 0.326 e. The quantitative estimate of drug-likeness (QED) is 0.178. The number of carbonyl (C=O) groups excluding carboxylic acids is 1. The number of carboxylic acid groups (broad SMARTS) is 1. The van der Waals surface area contributed by atoms with Crippen LogP contribution in [0.1, 0.15) is 90.4 Å². The highest BCUT2D eigenvalue weighted by Crippen LogP contribution is 2.12. The summed E-state index contributed by atoms with van der Waals surface area (Å²) in [5, 5.41) is 11.7. The summed E-state index contributed by atoms with van der Waals surface area (Å²) < 4.78 is 0. The molecule has 26 heavy (non-hydrogen) atoms. The van der Waals surface area contributed by atoms with Crippen LogP contribution in [0, 0.1) is 0 Å². The number of unbranched alkanes of at least 4 members (excludes halogenated alkanes) is 10. The molecule has 0 heterocycles. The molecule has 7 heteroatoms. The summed E-state index contributed by atoms with van der Waals surface area (Å²) in [5.41, 5.74) is 10.4. The van der Waals surface area contributed by atoms with Crippen LogP contribution in [-0.2, 0) is 9.59 Å². The lowest BCUT2D eigenvalue weighted by Gasteiger charge is -2.13. The van der Waals surface area contributed by atoms with Crippen molar-refractivity contribution < 1.29 is 14.7 Å². The van der Waals surface area contributed by atoms with E-state index in [0.29, 0.717) is 6.42 Å². The number of hydrogen-bond acceptors (Lipinski definition) is 3. The Labute approximate surface area is 158 Å². The monoisotopic (exact) mass is 370 g/mol. The third-order valence-corrected chi connectivity index (χ3v) is 4.35. The highest BCUT2D eigenvalue weighted by atomic mass is 16.4. The molecule has 0 aromatic heterocycles. The maximum absolute atomic E-state index is 11.9. The Morgan fingerprint density at radius 1 is 0.923 bits per heavy atom. The number of guanidine groups is 1. The maximum Gasteiger partial charge on any atom is 0.326 e. The average Bonchev–Trinajstić information content (AvgIpc) is 2.58. The fraction of sp³-hybridized carbons (Fsp3) is 0.842. The maximum atomic E-state index is 11.9. The molecule has 1 atom stereocenters. The summed E-state index contributed by atoms with van der Waals surface area (Å²) in [7, 11) is 0. The average molecular weight is 371 g/mol. The lowest BCUT2D eigenvalue weighted by atomic mass is 10.1. The van der Waals surface area contributed by atoms with Crippen LogP contribution in [-0.4, -0.2) is 35.5 Å². The van der Waals surface area contributed by atoms with Gasteiger partial charge in [-0.15, -0.1) is 0 Å². The Bertz CT molecular complexity index is 410. The first kappa shape index (κ1) is 24.2. The number of nitrogens with zero attached hydrogens (tertiary/aromatic N) is 1. The molecule has 0 radical (unpaired) electrons. The second-order valence-corrected chi connectivity index (χ2v) is 6.84. The van der Waals surface area contributed by atoms with Crippen LogP contribution in [0.2, 0.25) is 0 Å². The Balaban J connectivity index is 3.65. The standard InChI is InChI=1S/C19H38N4O3/c1-2-3-4-5-6-7-8-9-10-11-12-13-17(24)23-16(18(25)26)14-15-22-19(20)21/h16H,2-15H2,1H3,(H,23,24)(H,25,26)(H4,20,21,22)/t16-/m0/s1. The summed E-state index contributed by atoms with van der Waals surface area (Å²) in [6.45, 7) is 2.41. The van der Waals surface area contributed by atoms with Crippen LogP contribution in [0.25, 0.3) is 0 Å². The largest absolute Gasteiger partial charge is 0.480 e. The van der Waals surface area contributed by atoms with Crippen molar-refractivity contribution in [2.75, 3.05) is 6.54 Å². The van der Waals surface area contributed by atoms with E-state index in [1.54, 1.807) is 0 Å². The Hall–Kier alpha value is -1.79. The number of nitrogens with one attached hydrogen (secondary N) is 1. The first-order valence-electron chi connectivity index (χ1n) is 10.0. The van der Waals surface area contributed by atoms with Crippen LogP contribution in [0.3, 0.4) is 0 Å². The normalized spacial score (nSPS) is 11.7. The van der Waals surface area contributed by atoms with E-state index in [2.05, 4.69) is 17.2 Å². The van der Waals surface area contributed by atoms with Gasteiger partial charge in [-0.25, -0.2) is 4.79 Å². The van der Waals surface area contributed by atoms with E-state index in [0.717, 1.165) is 19.3 Å². The van der Waals surface area contributed by atoms with E-state index in [9.17, 15) is 9.59 Å². The van der Waals surface area contributed by atoms with Gasteiger partial charge in [0.15, 0.2) is 5.96 Å². The molecule has 0 saturated carbocycles. The lowest BCUT2D eigenvalue weighted by Crippen LogP contribution is -2.41. The van der Waals surface area contributed by atoms with Crippen molar-refractivity contribution >= 4 is 17.8 Å². The van der Waals surface area contributed by atoms with Gasteiger partial charge in [-0.05, 0) is 12.8 Å². The molecule has 0 bridgehead atoms. The number of rotatable bonds is 17. The second kappa shape index (κ2) is 16.7. The molecule has 6 N–H and O–H groups in total. The fourth-order valence-corrected chi connectivity index (χ4v) is 2.80. The molecule has 0 rings (SSSR count). The minimum atomic E-state index is -1.07. The Kier molecular flexibility index (Phi) is 15.5. The van der Waals surface area contributed by atoms with E-state index < -0.39 is 12.0 Å². The van der Waals surface area contributed by atoms with Crippen molar-refractivity contribution in [3.05, 3.63) is 0 Å². The van der Waals surface area contributed by atoms with Gasteiger partial charge in [0.25, 0.3) is 0 Å². The molecule has 0 aromatic rings. The number of amides is 1. The number of nitrogens with two attached hydrogens (primary N) is 2. The molecule has 0 fully saturated rings. The zero-order chi connectivity index (χ0) is 19.6. The van der Waals surface area contributed by atoms with Crippen molar-refractivity contribution in [1.29, 1.82) is 0 Å². The number of carboxylic acids is 1. The third kappa shape index (κ3) is 15.7. The lowest BCUT2D eigenvalue weighted by molar-refractivity contribution is -0.142. The molecule has 0 saturated heterocycles. The van der Waals surface area contributed by atoms with Gasteiger partial charge in [0.05, 0.1) is 0 Å². The van der Waals surface area contributed by atoms with Gasteiger partial charge in [0.2, 0.25) is 5.91 Å². The molecule has 1 amide bonds. The van der Waals surface area contributed by atoms with Gasteiger partial charge in [-0.2, -0.15) is 0 Å². The molecule has 0 spiro atoms. The molecule has 0 aromatic carbocycles. The second-order valence-electron chi connectivity index (χ2n) is 6.84. The number of carbonyl (C=O) groups is 2. The van der Waals surface area contributed by atoms with Gasteiger partial charge >= 0.3 is 5.97 Å². The summed E-state index contributed by atoms with van der Waals surface area (Å²) >= 11 is 0. The van der Waals surface area contributed by atoms with Gasteiger partial charge in [0, 0.05) is 13.0 Å². The summed E-state index contributed by atoms with van der Waals surface area (Å²) in [4.78, 5) is 26.7.